The molecule has 0 radical (unpaired) electrons. The number of ether oxygens (including phenoxy) is 1. The molecule has 0 spiro atoms. The quantitative estimate of drug-likeness (QED) is 0.808. The van der Waals surface area contributed by atoms with Crippen LogP contribution in [-0.4, -0.2) is 52.7 Å². The third-order valence-corrected chi connectivity index (χ3v) is 4.98. The van der Waals surface area contributed by atoms with Gasteiger partial charge in [-0.25, -0.2) is 4.79 Å². The number of hydrogen-bond donors (Lipinski definition) is 0. The van der Waals surface area contributed by atoms with Crippen molar-refractivity contribution < 1.29 is 13.9 Å². The van der Waals surface area contributed by atoms with Crippen molar-refractivity contribution in [3.63, 3.8) is 0 Å². The Morgan fingerprint density at radius 3 is 2.84 bits per heavy atom. The number of furan rings is 1. The van der Waals surface area contributed by atoms with E-state index >= 15 is 0 Å². The average Bonchev–Trinajstić information content (AvgIpc) is 3.29. The van der Waals surface area contributed by atoms with Crippen LogP contribution in [0.15, 0.2) is 40.9 Å². The third-order valence-electron chi connectivity index (χ3n) is 4.98. The molecule has 4 heterocycles. The molecule has 2 aromatic rings. The molecule has 25 heavy (non-hydrogen) atoms. The van der Waals surface area contributed by atoms with Crippen LogP contribution in [0.2, 0.25) is 0 Å². The Bertz CT molecular complexity index is 731. The first-order chi connectivity index (χ1) is 12.2. The van der Waals surface area contributed by atoms with E-state index in [0.29, 0.717) is 6.54 Å². The topological polar surface area (TPSA) is 58.8 Å². The summed E-state index contributed by atoms with van der Waals surface area (Å²) in [5.41, 5.74) is 0.997. The molecule has 2 atom stereocenters. The van der Waals surface area contributed by atoms with Crippen molar-refractivity contribution in [3.8, 4) is 0 Å². The second-order valence-corrected chi connectivity index (χ2v) is 6.67. The molecule has 6 nitrogen and oxygen atoms in total. The van der Waals surface area contributed by atoms with Gasteiger partial charge in [-0.2, -0.15) is 0 Å². The molecule has 2 aromatic heterocycles. The second-order valence-electron chi connectivity index (χ2n) is 6.67. The minimum atomic E-state index is -0.197. The highest BCUT2D eigenvalue weighted by atomic mass is 16.6. The summed E-state index contributed by atoms with van der Waals surface area (Å²) < 4.78 is 11.4. The number of amides is 1. The Hall–Kier alpha value is -2.34. The van der Waals surface area contributed by atoms with E-state index < -0.39 is 0 Å². The van der Waals surface area contributed by atoms with Crippen molar-refractivity contribution >= 4 is 6.09 Å². The number of likely N-dealkylation sites (tertiary alicyclic amines) is 1. The molecule has 132 valence electrons. The molecule has 0 unspecified atom stereocenters. The standard InChI is InChI=1S/C19H23N3O3/c1-2-15-6-7-16(24-15)11-21-12-17-18(13-21)25-19(23)22(17)10-8-14-5-3-4-9-20-14/h3-7,9,17-18H,2,8,10-13H2,1H3/t17-,18+/m0/s1. The Balaban J connectivity index is 1.36. The largest absolute Gasteiger partial charge is 0.465 e. The summed E-state index contributed by atoms with van der Waals surface area (Å²) in [4.78, 5) is 20.7. The van der Waals surface area contributed by atoms with Crippen LogP contribution < -0.4 is 0 Å². The summed E-state index contributed by atoms with van der Waals surface area (Å²) >= 11 is 0. The zero-order chi connectivity index (χ0) is 17.2. The van der Waals surface area contributed by atoms with Gasteiger partial charge in [-0.3, -0.25) is 14.8 Å². The van der Waals surface area contributed by atoms with Crippen molar-refractivity contribution in [1.29, 1.82) is 0 Å². The summed E-state index contributed by atoms with van der Waals surface area (Å²) in [6.45, 7) is 5.07. The molecule has 2 aliphatic heterocycles. The van der Waals surface area contributed by atoms with E-state index in [2.05, 4.69) is 16.8 Å². The van der Waals surface area contributed by atoms with Crippen molar-refractivity contribution in [2.45, 2.75) is 38.5 Å². The van der Waals surface area contributed by atoms with Gasteiger partial charge in [-0.15, -0.1) is 0 Å². The maximum Gasteiger partial charge on any atom is 0.410 e. The van der Waals surface area contributed by atoms with Crippen molar-refractivity contribution in [2.24, 2.45) is 0 Å². The smallest absolute Gasteiger partial charge is 0.410 e. The molecule has 2 fully saturated rings. The Kier molecular flexibility index (Phi) is 4.44. The predicted molar refractivity (Wildman–Crippen MR) is 92.1 cm³/mol. The number of hydrogen-bond acceptors (Lipinski definition) is 5. The van der Waals surface area contributed by atoms with Crippen LogP contribution in [0.1, 0.15) is 24.1 Å². The van der Waals surface area contributed by atoms with Crippen molar-refractivity contribution in [2.75, 3.05) is 19.6 Å². The third kappa shape index (κ3) is 3.39. The van der Waals surface area contributed by atoms with Crippen molar-refractivity contribution in [3.05, 3.63) is 53.7 Å². The SMILES string of the molecule is CCc1ccc(CN2C[C@H]3OC(=O)N(CCc4ccccn4)[C@H]3C2)o1. The molecule has 1 amide bonds. The van der Waals surface area contributed by atoms with Gasteiger partial charge >= 0.3 is 6.09 Å². The van der Waals surface area contributed by atoms with Gasteiger partial charge in [-0.1, -0.05) is 13.0 Å². The summed E-state index contributed by atoms with van der Waals surface area (Å²) in [7, 11) is 0. The maximum atomic E-state index is 12.2. The lowest BCUT2D eigenvalue weighted by Gasteiger charge is -2.21. The highest BCUT2D eigenvalue weighted by Crippen LogP contribution is 2.28. The van der Waals surface area contributed by atoms with Crippen LogP contribution in [0.5, 0.6) is 0 Å². The summed E-state index contributed by atoms with van der Waals surface area (Å²) in [6, 6.07) is 10.1. The Morgan fingerprint density at radius 2 is 2.08 bits per heavy atom. The lowest BCUT2D eigenvalue weighted by Crippen LogP contribution is -2.39. The molecule has 0 bridgehead atoms. The molecule has 0 N–H and O–H groups in total. The number of rotatable bonds is 6. The van der Waals surface area contributed by atoms with E-state index in [1.54, 1.807) is 6.20 Å². The fourth-order valence-electron chi connectivity index (χ4n) is 3.67. The molecular formula is C19H23N3O3. The van der Waals surface area contributed by atoms with Crippen LogP contribution in [0.25, 0.3) is 0 Å². The van der Waals surface area contributed by atoms with Crippen molar-refractivity contribution in [1.82, 2.24) is 14.8 Å². The number of pyridine rings is 1. The van der Waals surface area contributed by atoms with Gasteiger partial charge in [-0.05, 0) is 24.3 Å². The van der Waals surface area contributed by atoms with E-state index in [0.717, 1.165) is 49.7 Å². The van der Waals surface area contributed by atoms with E-state index in [1.165, 1.54) is 0 Å². The van der Waals surface area contributed by atoms with Gasteiger partial charge in [0.2, 0.25) is 0 Å². The molecule has 0 saturated carbocycles. The summed E-state index contributed by atoms with van der Waals surface area (Å²) in [5, 5.41) is 0. The van der Waals surface area contributed by atoms with E-state index in [9.17, 15) is 4.79 Å². The number of fused-ring (bicyclic) bond motifs is 1. The number of carbonyl (C=O) groups excluding carboxylic acids is 1. The van der Waals surface area contributed by atoms with Crippen LogP contribution in [0.3, 0.4) is 0 Å². The maximum absolute atomic E-state index is 12.2. The van der Waals surface area contributed by atoms with Gasteiger partial charge < -0.3 is 9.15 Å². The first-order valence-corrected chi connectivity index (χ1v) is 8.90. The number of aryl methyl sites for hydroxylation is 1. The highest BCUT2D eigenvalue weighted by molar-refractivity contribution is 5.71. The molecule has 2 saturated heterocycles. The van der Waals surface area contributed by atoms with Gasteiger partial charge in [0.05, 0.1) is 12.6 Å². The van der Waals surface area contributed by atoms with Gasteiger partial charge in [0.15, 0.2) is 0 Å². The van der Waals surface area contributed by atoms with Crippen LogP contribution in [0, 0.1) is 0 Å². The summed E-state index contributed by atoms with van der Waals surface area (Å²) in [6.07, 6.45) is 3.20. The molecular weight excluding hydrogens is 318 g/mol. The number of carbonyl (C=O) groups is 1. The summed E-state index contributed by atoms with van der Waals surface area (Å²) in [5.74, 6) is 1.99. The lowest BCUT2D eigenvalue weighted by atomic mass is 10.2. The van der Waals surface area contributed by atoms with Gasteiger partial charge in [0.1, 0.15) is 17.6 Å². The fourth-order valence-corrected chi connectivity index (χ4v) is 3.67. The minimum absolute atomic E-state index is 0.0446. The second kappa shape index (κ2) is 6.88. The first-order valence-electron chi connectivity index (χ1n) is 8.90. The Labute approximate surface area is 147 Å². The van der Waals surface area contributed by atoms with Crippen LogP contribution in [-0.2, 0) is 24.1 Å². The number of aromatic nitrogens is 1. The monoisotopic (exact) mass is 341 g/mol. The van der Waals surface area contributed by atoms with Crippen LogP contribution in [0.4, 0.5) is 4.79 Å². The van der Waals surface area contributed by atoms with E-state index in [1.807, 2.05) is 35.2 Å². The zero-order valence-corrected chi connectivity index (χ0v) is 14.4. The zero-order valence-electron chi connectivity index (χ0n) is 14.4. The lowest BCUT2D eigenvalue weighted by molar-refractivity contribution is 0.119. The van der Waals surface area contributed by atoms with E-state index in [-0.39, 0.29) is 18.2 Å². The normalized spacial score (nSPS) is 23.1. The van der Waals surface area contributed by atoms with Gasteiger partial charge in [0.25, 0.3) is 0 Å². The molecule has 6 heteroatoms. The molecule has 4 rings (SSSR count). The molecule has 0 aliphatic carbocycles. The van der Waals surface area contributed by atoms with Crippen LogP contribution >= 0.6 is 0 Å². The fraction of sp³-hybridized carbons (Fsp3) is 0.474. The first kappa shape index (κ1) is 16.1. The van der Waals surface area contributed by atoms with E-state index in [4.69, 9.17) is 9.15 Å². The predicted octanol–water partition coefficient (Wildman–Crippen LogP) is 2.48. The minimum Gasteiger partial charge on any atom is -0.465 e. The molecule has 2 aliphatic rings. The number of nitrogens with zero attached hydrogens (tertiary/aromatic N) is 3. The average molecular weight is 341 g/mol. The molecule has 0 aromatic carbocycles. The Morgan fingerprint density at radius 1 is 1.20 bits per heavy atom. The van der Waals surface area contributed by atoms with Gasteiger partial charge in [0, 0.05) is 44.4 Å². The highest BCUT2D eigenvalue weighted by Gasteiger charge is 2.47.